The first-order valence-corrected chi connectivity index (χ1v) is 6.87. The number of nitrogens with zero attached hydrogens (tertiary/aromatic N) is 2. The number of benzene rings is 1. The van der Waals surface area contributed by atoms with Gasteiger partial charge in [-0.05, 0) is 35.4 Å². The summed E-state index contributed by atoms with van der Waals surface area (Å²) in [5, 5.41) is 2.86. The molecule has 22 heavy (non-hydrogen) atoms. The van der Waals surface area contributed by atoms with Gasteiger partial charge in [-0.15, -0.1) is 0 Å². The normalized spacial score (nSPS) is 10.8. The van der Waals surface area contributed by atoms with Crippen LogP contribution in [0.1, 0.15) is 11.1 Å². The molecule has 2 heterocycles. The lowest BCUT2D eigenvalue weighted by atomic mass is 10.1. The van der Waals surface area contributed by atoms with E-state index in [-0.39, 0.29) is 12.3 Å². The number of nitrogens with one attached hydrogen (secondary N) is 1. The van der Waals surface area contributed by atoms with Crippen LogP contribution in [0.2, 0.25) is 0 Å². The SMILES string of the molecule is Cn1c(=O)oc2ccc(CC(=O)NCc3ccncc3)cc21. The third-order valence-corrected chi connectivity index (χ3v) is 3.46. The number of aryl methyl sites for hydroxylation is 1. The molecule has 6 heteroatoms. The van der Waals surface area contributed by atoms with Crippen LogP contribution in [-0.2, 0) is 24.8 Å². The van der Waals surface area contributed by atoms with E-state index in [1.165, 1.54) is 4.57 Å². The van der Waals surface area contributed by atoms with E-state index < -0.39 is 5.76 Å². The molecule has 1 aromatic carbocycles. The van der Waals surface area contributed by atoms with Gasteiger partial charge in [-0.25, -0.2) is 4.79 Å². The van der Waals surface area contributed by atoms with Crippen LogP contribution in [0.25, 0.3) is 11.1 Å². The highest BCUT2D eigenvalue weighted by molar-refractivity contribution is 5.81. The zero-order valence-corrected chi connectivity index (χ0v) is 12.1. The zero-order chi connectivity index (χ0) is 15.5. The minimum absolute atomic E-state index is 0.0790. The Balaban J connectivity index is 1.68. The molecule has 3 rings (SSSR count). The molecular formula is C16H15N3O3. The summed E-state index contributed by atoms with van der Waals surface area (Å²) >= 11 is 0. The monoisotopic (exact) mass is 297 g/mol. The predicted molar refractivity (Wildman–Crippen MR) is 81.2 cm³/mol. The average molecular weight is 297 g/mol. The van der Waals surface area contributed by atoms with Gasteiger partial charge in [0.1, 0.15) is 0 Å². The molecular weight excluding hydrogens is 282 g/mol. The number of aromatic nitrogens is 2. The molecule has 0 spiro atoms. The van der Waals surface area contributed by atoms with Crippen LogP contribution in [0.5, 0.6) is 0 Å². The van der Waals surface area contributed by atoms with Gasteiger partial charge in [-0.1, -0.05) is 6.07 Å². The number of carbonyl (C=O) groups is 1. The first kappa shape index (κ1) is 14.1. The lowest BCUT2D eigenvalue weighted by Crippen LogP contribution is -2.24. The van der Waals surface area contributed by atoms with Crippen molar-refractivity contribution in [2.75, 3.05) is 0 Å². The maximum atomic E-state index is 12.0. The number of oxazole rings is 1. The van der Waals surface area contributed by atoms with Gasteiger partial charge in [-0.2, -0.15) is 0 Å². The summed E-state index contributed by atoms with van der Waals surface area (Å²) in [6.45, 7) is 0.466. The molecule has 1 amide bonds. The minimum atomic E-state index is -0.408. The second-order valence-electron chi connectivity index (χ2n) is 5.04. The Hall–Kier alpha value is -2.89. The Morgan fingerprint density at radius 3 is 2.77 bits per heavy atom. The fourth-order valence-corrected chi connectivity index (χ4v) is 2.23. The van der Waals surface area contributed by atoms with Gasteiger partial charge in [0, 0.05) is 26.0 Å². The molecule has 0 atom stereocenters. The third-order valence-electron chi connectivity index (χ3n) is 3.46. The van der Waals surface area contributed by atoms with Gasteiger partial charge in [0.15, 0.2) is 5.58 Å². The standard InChI is InChI=1S/C16H15N3O3/c1-19-13-8-12(2-3-14(13)22-16(19)21)9-15(20)18-10-11-4-6-17-7-5-11/h2-8H,9-10H2,1H3,(H,18,20). The topological polar surface area (TPSA) is 77.1 Å². The molecule has 2 aromatic heterocycles. The van der Waals surface area contributed by atoms with Gasteiger partial charge in [0.25, 0.3) is 0 Å². The smallest absolute Gasteiger partial charge is 0.408 e. The Kier molecular flexibility index (Phi) is 3.74. The van der Waals surface area contributed by atoms with Crippen LogP contribution in [-0.4, -0.2) is 15.5 Å². The number of carbonyl (C=O) groups excluding carboxylic acids is 1. The average Bonchev–Trinajstić information content (AvgIpc) is 2.81. The van der Waals surface area contributed by atoms with Gasteiger partial charge in [0.05, 0.1) is 11.9 Å². The molecule has 0 aliphatic heterocycles. The number of amides is 1. The van der Waals surface area contributed by atoms with Gasteiger partial charge < -0.3 is 9.73 Å². The summed E-state index contributed by atoms with van der Waals surface area (Å²) in [5.74, 6) is -0.487. The molecule has 0 unspecified atom stereocenters. The van der Waals surface area contributed by atoms with E-state index in [1.54, 1.807) is 37.6 Å². The van der Waals surface area contributed by atoms with Crippen LogP contribution >= 0.6 is 0 Å². The largest absolute Gasteiger partial charge is 0.419 e. The summed E-state index contributed by atoms with van der Waals surface area (Å²) in [7, 11) is 1.64. The summed E-state index contributed by atoms with van der Waals surface area (Å²) in [4.78, 5) is 27.4. The fraction of sp³-hybridized carbons (Fsp3) is 0.188. The summed E-state index contributed by atoms with van der Waals surface area (Å²) in [5.41, 5.74) is 3.03. The molecule has 6 nitrogen and oxygen atoms in total. The second-order valence-corrected chi connectivity index (χ2v) is 5.04. The molecule has 0 saturated heterocycles. The first-order valence-electron chi connectivity index (χ1n) is 6.87. The highest BCUT2D eigenvalue weighted by atomic mass is 16.4. The van der Waals surface area contributed by atoms with Crippen molar-refractivity contribution in [2.45, 2.75) is 13.0 Å². The van der Waals surface area contributed by atoms with Crippen molar-refractivity contribution in [2.24, 2.45) is 7.05 Å². The number of hydrogen-bond donors (Lipinski definition) is 1. The molecule has 0 bridgehead atoms. The van der Waals surface area contributed by atoms with E-state index in [4.69, 9.17) is 4.42 Å². The molecule has 0 fully saturated rings. The Bertz CT molecular complexity index is 865. The second kappa shape index (κ2) is 5.85. The van der Waals surface area contributed by atoms with Gasteiger partial charge in [-0.3, -0.25) is 14.3 Å². The van der Waals surface area contributed by atoms with E-state index in [2.05, 4.69) is 10.3 Å². The maximum absolute atomic E-state index is 12.0. The van der Waals surface area contributed by atoms with Crippen molar-refractivity contribution >= 4 is 17.0 Å². The Labute approximate surface area is 126 Å². The lowest BCUT2D eigenvalue weighted by Gasteiger charge is -2.05. The van der Waals surface area contributed by atoms with Crippen LogP contribution in [0, 0.1) is 0 Å². The first-order chi connectivity index (χ1) is 10.6. The molecule has 0 radical (unpaired) electrons. The van der Waals surface area contributed by atoms with E-state index in [1.807, 2.05) is 12.1 Å². The summed E-state index contributed by atoms with van der Waals surface area (Å²) < 4.78 is 6.49. The van der Waals surface area contributed by atoms with Crippen molar-refractivity contribution in [3.05, 3.63) is 64.4 Å². The van der Waals surface area contributed by atoms with E-state index in [9.17, 15) is 9.59 Å². The van der Waals surface area contributed by atoms with Crippen LogP contribution < -0.4 is 11.1 Å². The summed E-state index contributed by atoms with van der Waals surface area (Å²) in [6.07, 6.45) is 3.63. The molecule has 3 aromatic rings. The molecule has 0 aliphatic rings. The molecule has 0 saturated carbocycles. The number of hydrogen-bond acceptors (Lipinski definition) is 4. The van der Waals surface area contributed by atoms with Crippen molar-refractivity contribution in [1.29, 1.82) is 0 Å². The zero-order valence-electron chi connectivity index (χ0n) is 12.1. The lowest BCUT2D eigenvalue weighted by molar-refractivity contribution is -0.120. The number of rotatable bonds is 4. The van der Waals surface area contributed by atoms with Crippen molar-refractivity contribution in [3.8, 4) is 0 Å². The van der Waals surface area contributed by atoms with Crippen molar-refractivity contribution < 1.29 is 9.21 Å². The van der Waals surface area contributed by atoms with E-state index in [0.29, 0.717) is 17.6 Å². The van der Waals surface area contributed by atoms with E-state index >= 15 is 0 Å². The number of pyridine rings is 1. The van der Waals surface area contributed by atoms with Crippen LogP contribution in [0.3, 0.4) is 0 Å². The quantitative estimate of drug-likeness (QED) is 0.789. The van der Waals surface area contributed by atoms with Gasteiger partial charge >= 0.3 is 5.76 Å². The molecule has 0 aliphatic carbocycles. The number of fused-ring (bicyclic) bond motifs is 1. The van der Waals surface area contributed by atoms with Gasteiger partial charge in [0.2, 0.25) is 5.91 Å². The van der Waals surface area contributed by atoms with Crippen molar-refractivity contribution in [1.82, 2.24) is 14.9 Å². The molecule has 1 N–H and O–H groups in total. The Morgan fingerprint density at radius 1 is 1.23 bits per heavy atom. The maximum Gasteiger partial charge on any atom is 0.419 e. The third kappa shape index (κ3) is 2.90. The highest BCUT2D eigenvalue weighted by Gasteiger charge is 2.09. The fourth-order valence-electron chi connectivity index (χ4n) is 2.23. The van der Waals surface area contributed by atoms with Crippen LogP contribution in [0.15, 0.2) is 51.9 Å². The van der Waals surface area contributed by atoms with Crippen molar-refractivity contribution in [3.63, 3.8) is 0 Å². The minimum Gasteiger partial charge on any atom is -0.408 e. The summed E-state index contributed by atoms with van der Waals surface area (Å²) in [6, 6.07) is 9.01. The Morgan fingerprint density at radius 2 is 2.00 bits per heavy atom. The van der Waals surface area contributed by atoms with Crippen LogP contribution in [0.4, 0.5) is 0 Å². The highest BCUT2D eigenvalue weighted by Crippen LogP contribution is 2.14. The predicted octanol–water partition coefficient (Wildman–Crippen LogP) is 1.39. The van der Waals surface area contributed by atoms with E-state index in [0.717, 1.165) is 11.1 Å². The molecule has 112 valence electrons.